The number of anilines is 1. The van der Waals surface area contributed by atoms with E-state index in [0.717, 1.165) is 43.5 Å². The highest BCUT2D eigenvalue weighted by molar-refractivity contribution is 5.74. The molecule has 0 unspecified atom stereocenters. The molecule has 0 aliphatic carbocycles. The first-order chi connectivity index (χ1) is 12.0. The highest BCUT2D eigenvalue weighted by Crippen LogP contribution is 2.35. The molecule has 0 bridgehead atoms. The van der Waals surface area contributed by atoms with Crippen molar-refractivity contribution in [3.8, 4) is 11.1 Å². The van der Waals surface area contributed by atoms with Crippen molar-refractivity contribution in [3.05, 3.63) is 53.1 Å². The molecule has 0 saturated heterocycles. The molecule has 0 spiro atoms. The van der Waals surface area contributed by atoms with Gasteiger partial charge in [-0.15, -0.1) is 0 Å². The van der Waals surface area contributed by atoms with Crippen LogP contribution in [0, 0.1) is 6.92 Å². The van der Waals surface area contributed by atoms with Gasteiger partial charge in [0.2, 0.25) is 0 Å². The first kappa shape index (κ1) is 19.5. The Morgan fingerprint density at radius 1 is 0.920 bits per heavy atom. The molecule has 2 aromatic carbocycles. The molecule has 0 saturated carbocycles. The molecule has 0 amide bonds. The zero-order valence-electron chi connectivity index (χ0n) is 16.4. The van der Waals surface area contributed by atoms with Crippen molar-refractivity contribution in [3.63, 3.8) is 0 Å². The van der Waals surface area contributed by atoms with Crippen LogP contribution in [0.15, 0.2) is 36.4 Å². The first-order valence-corrected chi connectivity index (χ1v) is 9.69. The molecule has 0 atom stereocenters. The predicted molar refractivity (Wildman–Crippen MR) is 109 cm³/mol. The predicted octanol–water partition coefficient (Wildman–Crippen LogP) is 6.05. The van der Waals surface area contributed by atoms with Gasteiger partial charge in [0.1, 0.15) is 0 Å². The number of rotatable bonds is 8. The molecular formula is C23H33NO. The lowest BCUT2D eigenvalue weighted by molar-refractivity contribution is 0.0283. The van der Waals surface area contributed by atoms with E-state index >= 15 is 0 Å². The van der Waals surface area contributed by atoms with Gasteiger partial charge in [-0.2, -0.15) is 0 Å². The molecule has 2 rings (SSSR count). The second-order valence-electron chi connectivity index (χ2n) is 6.92. The molecule has 2 heteroatoms. The van der Waals surface area contributed by atoms with Crippen LogP contribution in [0.5, 0.6) is 0 Å². The summed E-state index contributed by atoms with van der Waals surface area (Å²) in [6.07, 6.45) is 3.60. The highest BCUT2D eigenvalue weighted by atomic mass is 16.3. The van der Waals surface area contributed by atoms with Gasteiger partial charge >= 0.3 is 0 Å². The normalized spacial score (nSPS) is 11.6. The average molecular weight is 340 g/mol. The van der Waals surface area contributed by atoms with E-state index in [1.165, 1.54) is 22.3 Å². The topological polar surface area (TPSA) is 32.3 Å². The van der Waals surface area contributed by atoms with E-state index in [9.17, 15) is 5.11 Å². The van der Waals surface area contributed by atoms with E-state index in [0.29, 0.717) is 0 Å². The summed E-state index contributed by atoms with van der Waals surface area (Å²) in [7, 11) is 0. The monoisotopic (exact) mass is 339 g/mol. The van der Waals surface area contributed by atoms with E-state index in [2.05, 4.69) is 76.3 Å². The molecule has 0 aliphatic heterocycles. The molecule has 0 fully saturated rings. The third kappa shape index (κ3) is 4.24. The van der Waals surface area contributed by atoms with E-state index in [1.807, 2.05) is 0 Å². The minimum atomic E-state index is -0.721. The molecule has 136 valence electrons. The average Bonchev–Trinajstić information content (AvgIpc) is 2.63. The summed E-state index contributed by atoms with van der Waals surface area (Å²) in [6, 6.07) is 13.1. The zero-order chi connectivity index (χ0) is 18.4. The summed E-state index contributed by atoms with van der Waals surface area (Å²) in [6.45, 7) is 11.5. The van der Waals surface area contributed by atoms with Crippen LogP contribution < -0.4 is 5.32 Å². The standard InChI is InChI=1S/C23H33NO/c1-6-10-18-15-19(23(25,7-2)8-3)12-14-21(18)22-16-20(24-9-4)13-11-17(22)5/h11-16,24-25H,6-10H2,1-5H3. The van der Waals surface area contributed by atoms with Crippen LogP contribution in [-0.2, 0) is 12.0 Å². The number of aliphatic hydroxyl groups is 1. The zero-order valence-corrected chi connectivity index (χ0v) is 16.4. The molecule has 2 N–H and O–H groups in total. The van der Waals surface area contributed by atoms with Crippen LogP contribution in [0.3, 0.4) is 0 Å². The lowest BCUT2D eigenvalue weighted by Crippen LogP contribution is -2.23. The summed E-state index contributed by atoms with van der Waals surface area (Å²) >= 11 is 0. The van der Waals surface area contributed by atoms with Crippen LogP contribution in [0.1, 0.15) is 63.6 Å². The Labute approximate surface area is 153 Å². The van der Waals surface area contributed by atoms with Gasteiger partial charge in [0.15, 0.2) is 0 Å². The quantitative estimate of drug-likeness (QED) is 0.613. The number of benzene rings is 2. The largest absolute Gasteiger partial charge is 0.385 e. The van der Waals surface area contributed by atoms with E-state index in [1.54, 1.807) is 0 Å². The molecule has 0 aromatic heterocycles. The minimum absolute atomic E-state index is 0.721. The third-order valence-corrected chi connectivity index (χ3v) is 5.24. The van der Waals surface area contributed by atoms with Crippen molar-refractivity contribution in [1.82, 2.24) is 0 Å². The fourth-order valence-electron chi connectivity index (χ4n) is 3.51. The lowest BCUT2D eigenvalue weighted by Gasteiger charge is -2.27. The number of hydrogen-bond acceptors (Lipinski definition) is 2. The Kier molecular flexibility index (Phi) is 6.66. The van der Waals surface area contributed by atoms with E-state index in [4.69, 9.17) is 0 Å². The highest BCUT2D eigenvalue weighted by Gasteiger charge is 2.25. The molecular weight excluding hydrogens is 306 g/mol. The van der Waals surface area contributed by atoms with Crippen molar-refractivity contribution in [2.45, 2.75) is 65.9 Å². The minimum Gasteiger partial charge on any atom is -0.385 e. The van der Waals surface area contributed by atoms with Crippen LogP contribution in [-0.4, -0.2) is 11.7 Å². The molecule has 2 nitrogen and oxygen atoms in total. The molecule has 0 radical (unpaired) electrons. The Morgan fingerprint density at radius 2 is 1.64 bits per heavy atom. The van der Waals surface area contributed by atoms with Gasteiger partial charge in [-0.25, -0.2) is 0 Å². The van der Waals surface area contributed by atoms with Crippen LogP contribution in [0.2, 0.25) is 0 Å². The number of aryl methyl sites for hydroxylation is 2. The van der Waals surface area contributed by atoms with Gasteiger partial charge < -0.3 is 10.4 Å². The van der Waals surface area contributed by atoms with E-state index in [-0.39, 0.29) is 0 Å². The molecule has 2 aromatic rings. The first-order valence-electron chi connectivity index (χ1n) is 9.69. The Balaban J connectivity index is 2.56. The van der Waals surface area contributed by atoms with E-state index < -0.39 is 5.60 Å². The van der Waals surface area contributed by atoms with Crippen LogP contribution in [0.4, 0.5) is 5.69 Å². The second-order valence-corrected chi connectivity index (χ2v) is 6.92. The van der Waals surface area contributed by atoms with Gasteiger partial charge in [-0.05, 0) is 73.1 Å². The van der Waals surface area contributed by atoms with Crippen molar-refractivity contribution >= 4 is 5.69 Å². The van der Waals surface area contributed by atoms with Gasteiger partial charge in [0.05, 0.1) is 5.60 Å². The maximum absolute atomic E-state index is 10.9. The van der Waals surface area contributed by atoms with Crippen molar-refractivity contribution in [1.29, 1.82) is 0 Å². The molecule has 0 aliphatic rings. The lowest BCUT2D eigenvalue weighted by atomic mass is 9.84. The van der Waals surface area contributed by atoms with Gasteiger partial charge in [0.25, 0.3) is 0 Å². The molecule has 25 heavy (non-hydrogen) atoms. The maximum Gasteiger partial charge on any atom is 0.0891 e. The maximum atomic E-state index is 10.9. The Morgan fingerprint density at radius 3 is 2.24 bits per heavy atom. The fraction of sp³-hybridized carbons (Fsp3) is 0.478. The second kappa shape index (κ2) is 8.53. The van der Waals surface area contributed by atoms with Gasteiger partial charge in [0, 0.05) is 12.2 Å². The molecule has 0 heterocycles. The van der Waals surface area contributed by atoms with Gasteiger partial charge in [-0.3, -0.25) is 0 Å². The smallest absolute Gasteiger partial charge is 0.0891 e. The number of hydrogen-bond donors (Lipinski definition) is 2. The fourth-order valence-corrected chi connectivity index (χ4v) is 3.51. The SMILES string of the molecule is CCCc1cc(C(O)(CC)CC)ccc1-c1cc(NCC)ccc1C. The summed E-state index contributed by atoms with van der Waals surface area (Å²) in [5, 5.41) is 14.3. The third-order valence-electron chi connectivity index (χ3n) is 5.24. The Hall–Kier alpha value is -1.80. The number of nitrogens with one attached hydrogen (secondary N) is 1. The van der Waals surface area contributed by atoms with Crippen molar-refractivity contribution in [2.75, 3.05) is 11.9 Å². The summed E-state index contributed by atoms with van der Waals surface area (Å²) in [4.78, 5) is 0. The van der Waals surface area contributed by atoms with Crippen molar-refractivity contribution in [2.24, 2.45) is 0 Å². The summed E-state index contributed by atoms with van der Waals surface area (Å²) < 4.78 is 0. The summed E-state index contributed by atoms with van der Waals surface area (Å²) in [5.41, 5.74) is 6.67. The van der Waals surface area contributed by atoms with Crippen LogP contribution in [0.25, 0.3) is 11.1 Å². The van der Waals surface area contributed by atoms with Gasteiger partial charge in [-0.1, -0.05) is 51.5 Å². The Bertz CT molecular complexity index is 701. The van der Waals surface area contributed by atoms with Crippen LogP contribution >= 0.6 is 0 Å². The summed E-state index contributed by atoms with van der Waals surface area (Å²) in [5.74, 6) is 0. The van der Waals surface area contributed by atoms with Crippen molar-refractivity contribution < 1.29 is 5.11 Å².